The van der Waals surface area contributed by atoms with Crippen molar-refractivity contribution < 1.29 is 13.2 Å². The monoisotopic (exact) mass is 658 g/mol. The lowest BCUT2D eigenvalue weighted by Gasteiger charge is -2.33. The second-order valence-electron chi connectivity index (χ2n) is 11.9. The topological polar surface area (TPSA) is 98.3 Å². The number of amides is 1. The minimum absolute atomic E-state index is 0.0418. The van der Waals surface area contributed by atoms with E-state index in [-0.39, 0.29) is 22.4 Å². The molecular formula is C35H32Cl2N4O3S. The highest BCUT2D eigenvalue weighted by Gasteiger charge is 2.36. The number of hydrogen-bond donors (Lipinski definition) is 1. The molecule has 1 aliphatic carbocycles. The van der Waals surface area contributed by atoms with E-state index in [2.05, 4.69) is 47.0 Å². The smallest absolute Gasteiger partial charge is 0.248 e. The van der Waals surface area contributed by atoms with E-state index in [9.17, 15) is 13.2 Å². The molecule has 230 valence electrons. The molecule has 1 aliphatic heterocycles. The summed E-state index contributed by atoms with van der Waals surface area (Å²) >= 11 is 12.5. The average Bonchev–Trinajstić information content (AvgIpc) is 3.83. The normalized spacial score (nSPS) is 16.4. The molecule has 0 radical (unpaired) electrons. The van der Waals surface area contributed by atoms with Gasteiger partial charge in [-0.3, -0.25) is 4.79 Å². The number of halogens is 2. The Morgan fingerprint density at radius 2 is 1.40 bits per heavy atom. The van der Waals surface area contributed by atoms with Crippen LogP contribution in [-0.4, -0.2) is 41.3 Å². The van der Waals surface area contributed by atoms with Gasteiger partial charge in [0.2, 0.25) is 15.9 Å². The van der Waals surface area contributed by atoms with Crippen LogP contribution in [0.5, 0.6) is 0 Å². The number of carbonyl (C=O) groups excluding carboxylic acids is 1. The minimum Gasteiger partial charge on any atom is -0.366 e. The van der Waals surface area contributed by atoms with Gasteiger partial charge in [-0.2, -0.15) is 4.31 Å². The van der Waals surface area contributed by atoms with Crippen LogP contribution in [-0.2, 0) is 10.0 Å². The molecule has 2 heterocycles. The molecule has 45 heavy (non-hydrogen) atoms. The number of imidazole rings is 1. The second kappa shape index (κ2) is 11.9. The fourth-order valence-electron chi connectivity index (χ4n) is 6.51. The van der Waals surface area contributed by atoms with E-state index < -0.39 is 15.9 Å². The number of hydrogen-bond acceptors (Lipinski definition) is 4. The van der Waals surface area contributed by atoms with Crippen LogP contribution in [0.15, 0.2) is 95.9 Å². The third-order valence-corrected chi connectivity index (χ3v) is 11.4. The van der Waals surface area contributed by atoms with Crippen molar-refractivity contribution in [1.29, 1.82) is 0 Å². The SMILES string of the molecule is NC(=O)c1cccc(S(=O)(=O)N2CCC(n3c(C4CC4)nc4ccc(C(c5ccc(Cl)cc5)c5ccc(Cl)cc5)cc43)CC2)c1. The molecule has 1 saturated heterocycles. The Balaban J connectivity index is 1.24. The van der Waals surface area contributed by atoms with Crippen molar-refractivity contribution in [2.24, 2.45) is 5.73 Å². The maximum absolute atomic E-state index is 13.5. The van der Waals surface area contributed by atoms with E-state index in [1.54, 1.807) is 6.07 Å². The van der Waals surface area contributed by atoms with Crippen LogP contribution in [0.4, 0.5) is 0 Å². The molecule has 1 aromatic heterocycles. The molecule has 4 aromatic carbocycles. The molecule has 7 rings (SSSR count). The highest BCUT2D eigenvalue weighted by atomic mass is 35.5. The van der Waals surface area contributed by atoms with Gasteiger partial charge in [0.05, 0.1) is 15.9 Å². The molecule has 0 spiro atoms. The lowest BCUT2D eigenvalue weighted by molar-refractivity contribution is 0.1000. The Morgan fingerprint density at radius 1 is 0.800 bits per heavy atom. The summed E-state index contributed by atoms with van der Waals surface area (Å²) in [7, 11) is -3.77. The van der Waals surface area contributed by atoms with E-state index in [4.69, 9.17) is 33.9 Å². The van der Waals surface area contributed by atoms with Crippen molar-refractivity contribution in [2.45, 2.75) is 48.5 Å². The van der Waals surface area contributed by atoms with E-state index in [0.717, 1.165) is 46.4 Å². The molecule has 0 atom stereocenters. The zero-order valence-electron chi connectivity index (χ0n) is 24.4. The van der Waals surface area contributed by atoms with E-state index in [1.165, 1.54) is 22.5 Å². The summed E-state index contributed by atoms with van der Waals surface area (Å²) in [6.07, 6.45) is 3.53. The van der Waals surface area contributed by atoms with Gasteiger partial charge in [-0.15, -0.1) is 0 Å². The Morgan fingerprint density at radius 3 is 1.98 bits per heavy atom. The van der Waals surface area contributed by atoms with Gasteiger partial charge >= 0.3 is 0 Å². The first kappa shape index (κ1) is 30.0. The van der Waals surface area contributed by atoms with Gasteiger partial charge in [-0.1, -0.05) is 59.6 Å². The largest absolute Gasteiger partial charge is 0.366 e. The molecule has 1 saturated carbocycles. The van der Waals surface area contributed by atoms with E-state index in [1.807, 2.05) is 24.3 Å². The maximum Gasteiger partial charge on any atom is 0.248 e. The zero-order valence-corrected chi connectivity index (χ0v) is 26.8. The standard InChI is InChI=1S/C35H32Cl2N4O3S/c36-27-11-6-22(7-12-27)33(23-8-13-28(37)14-9-23)25-10-15-31-32(21-25)41(35(39-31)24-4-5-24)29-16-18-40(19-17-29)45(43,44)30-3-1-2-26(20-30)34(38)42/h1-3,6-15,20-21,24,29,33H,4-5,16-19H2,(H2,38,42). The highest BCUT2D eigenvalue weighted by Crippen LogP contribution is 2.44. The predicted molar refractivity (Wildman–Crippen MR) is 178 cm³/mol. The first-order valence-electron chi connectivity index (χ1n) is 15.1. The van der Waals surface area contributed by atoms with Crippen LogP contribution in [0.1, 0.15) is 76.4 Å². The second-order valence-corrected chi connectivity index (χ2v) is 14.7. The van der Waals surface area contributed by atoms with Gasteiger partial charge in [-0.05, 0) is 97.0 Å². The molecule has 0 bridgehead atoms. The number of rotatable bonds is 8. The lowest BCUT2D eigenvalue weighted by Crippen LogP contribution is -2.39. The van der Waals surface area contributed by atoms with Crippen LogP contribution in [0.3, 0.4) is 0 Å². The molecule has 7 nitrogen and oxygen atoms in total. The van der Waals surface area contributed by atoms with Crippen LogP contribution in [0, 0.1) is 0 Å². The number of primary amides is 1. The van der Waals surface area contributed by atoms with Crippen molar-refractivity contribution in [3.8, 4) is 0 Å². The van der Waals surface area contributed by atoms with E-state index >= 15 is 0 Å². The Kier molecular flexibility index (Phi) is 7.94. The van der Waals surface area contributed by atoms with Crippen molar-refractivity contribution in [1.82, 2.24) is 13.9 Å². The van der Waals surface area contributed by atoms with Gasteiger partial charge < -0.3 is 10.3 Å². The number of carbonyl (C=O) groups is 1. The first-order valence-corrected chi connectivity index (χ1v) is 17.3. The molecule has 1 amide bonds. The first-order chi connectivity index (χ1) is 21.7. The summed E-state index contributed by atoms with van der Waals surface area (Å²) in [6.45, 7) is 0.741. The van der Waals surface area contributed by atoms with Crippen LogP contribution in [0.2, 0.25) is 10.0 Å². The molecule has 2 fully saturated rings. The molecule has 0 unspecified atom stereocenters. The third kappa shape index (κ3) is 5.88. The van der Waals surface area contributed by atoms with Gasteiger partial charge in [-0.25, -0.2) is 13.4 Å². The lowest BCUT2D eigenvalue weighted by atomic mass is 9.85. The number of nitrogens with two attached hydrogens (primary N) is 1. The van der Waals surface area contributed by atoms with Crippen LogP contribution in [0.25, 0.3) is 11.0 Å². The van der Waals surface area contributed by atoms with Gasteiger partial charge in [0.25, 0.3) is 0 Å². The maximum atomic E-state index is 13.5. The Bertz CT molecular complexity index is 1950. The summed E-state index contributed by atoms with van der Waals surface area (Å²) in [5.74, 6) is 0.813. The Labute approximate surface area is 272 Å². The van der Waals surface area contributed by atoms with E-state index in [0.29, 0.717) is 41.9 Å². The van der Waals surface area contributed by atoms with Crippen molar-refractivity contribution in [3.63, 3.8) is 0 Å². The van der Waals surface area contributed by atoms with Crippen LogP contribution >= 0.6 is 23.2 Å². The van der Waals surface area contributed by atoms with Crippen molar-refractivity contribution >= 4 is 50.2 Å². The summed E-state index contributed by atoms with van der Waals surface area (Å²) in [6, 6.07) is 28.5. The minimum atomic E-state index is -3.77. The summed E-state index contributed by atoms with van der Waals surface area (Å²) in [5, 5.41) is 1.37. The van der Waals surface area contributed by atoms with Gasteiger partial charge in [0.1, 0.15) is 5.82 Å². The summed E-state index contributed by atoms with van der Waals surface area (Å²) < 4.78 is 30.9. The highest BCUT2D eigenvalue weighted by molar-refractivity contribution is 7.89. The molecule has 2 N–H and O–H groups in total. The number of benzene rings is 4. The fraction of sp³-hybridized carbons (Fsp3) is 0.257. The fourth-order valence-corrected chi connectivity index (χ4v) is 8.28. The molecule has 2 aliphatic rings. The van der Waals surface area contributed by atoms with Crippen LogP contribution < -0.4 is 5.73 Å². The van der Waals surface area contributed by atoms with Crippen molar-refractivity contribution in [2.75, 3.05) is 13.1 Å². The molecular weight excluding hydrogens is 627 g/mol. The quantitative estimate of drug-likeness (QED) is 0.174. The Hall–Kier alpha value is -3.69. The van der Waals surface area contributed by atoms with Crippen molar-refractivity contribution in [3.05, 3.63) is 129 Å². The zero-order chi connectivity index (χ0) is 31.3. The number of piperidine rings is 1. The predicted octanol–water partition coefficient (Wildman–Crippen LogP) is 7.53. The molecule has 5 aromatic rings. The average molecular weight is 660 g/mol. The number of aromatic nitrogens is 2. The summed E-state index contributed by atoms with van der Waals surface area (Å²) in [4.78, 5) is 16.9. The number of fused-ring (bicyclic) bond motifs is 1. The number of nitrogens with zero attached hydrogens (tertiary/aromatic N) is 3. The number of sulfonamides is 1. The van der Waals surface area contributed by atoms with Gasteiger partial charge in [0.15, 0.2) is 0 Å². The third-order valence-electron chi connectivity index (χ3n) is 8.97. The van der Waals surface area contributed by atoms with Gasteiger partial charge in [0, 0.05) is 46.6 Å². The summed E-state index contributed by atoms with van der Waals surface area (Å²) in [5.41, 5.74) is 11.0. The molecule has 10 heteroatoms.